The molecule has 0 atom stereocenters. The van der Waals surface area contributed by atoms with E-state index in [1.54, 1.807) is 5.01 Å². The number of benzene rings is 3. The van der Waals surface area contributed by atoms with Crippen LogP contribution in [-0.4, -0.2) is 23.0 Å². The first-order chi connectivity index (χ1) is 14.5. The lowest BCUT2D eigenvalue weighted by atomic mass is 10.0. The van der Waals surface area contributed by atoms with Gasteiger partial charge in [-0.05, 0) is 48.7 Å². The van der Waals surface area contributed by atoms with Crippen LogP contribution in [0.3, 0.4) is 0 Å². The number of carbonyl (C=O) groups excluding carboxylic acids is 1. The van der Waals surface area contributed by atoms with Gasteiger partial charge in [-0.25, -0.2) is 9.36 Å². The highest BCUT2D eigenvalue weighted by Gasteiger charge is 2.14. The second-order valence-corrected chi connectivity index (χ2v) is 7.24. The number of rotatable bonds is 6. The van der Waals surface area contributed by atoms with Crippen LogP contribution in [0.5, 0.6) is 0 Å². The summed E-state index contributed by atoms with van der Waals surface area (Å²) in [6.45, 7) is 2.02. The molecule has 0 aliphatic rings. The van der Waals surface area contributed by atoms with Crippen LogP contribution in [0.2, 0.25) is 0 Å². The van der Waals surface area contributed by atoms with Crippen molar-refractivity contribution in [2.45, 2.75) is 13.3 Å². The van der Waals surface area contributed by atoms with Crippen molar-refractivity contribution in [2.24, 2.45) is 0 Å². The summed E-state index contributed by atoms with van der Waals surface area (Å²) in [4.78, 5) is 28.1. The fourth-order valence-electron chi connectivity index (χ4n) is 3.40. The number of fused-ring (bicyclic) bond motifs is 1. The molecule has 1 heterocycles. The monoisotopic (exact) mass is 398 g/mol. The molecule has 30 heavy (non-hydrogen) atoms. The number of nitrogens with zero attached hydrogens (tertiary/aromatic N) is 3. The molecule has 0 fully saturated rings. The van der Waals surface area contributed by atoms with Crippen molar-refractivity contribution in [3.63, 3.8) is 0 Å². The van der Waals surface area contributed by atoms with Gasteiger partial charge >= 0.3 is 5.69 Å². The zero-order chi connectivity index (χ0) is 21.1. The smallest absolute Gasteiger partial charge is 0.290 e. The Hall–Kier alpha value is -3.93. The van der Waals surface area contributed by atoms with E-state index in [1.807, 2.05) is 74.6 Å². The minimum Gasteiger partial charge on any atom is -0.290 e. The second-order valence-electron chi connectivity index (χ2n) is 7.24. The minimum absolute atomic E-state index is 0.387. The zero-order valence-electron chi connectivity index (χ0n) is 16.9. The van der Waals surface area contributed by atoms with Crippen LogP contribution in [0.25, 0.3) is 10.9 Å². The first kappa shape index (κ1) is 19.4. The number of aromatic nitrogens is 2. The van der Waals surface area contributed by atoms with Gasteiger partial charge in [0, 0.05) is 12.4 Å². The third kappa shape index (κ3) is 3.93. The van der Waals surface area contributed by atoms with Gasteiger partial charge in [0.2, 0.25) is 6.41 Å². The molecule has 0 amide bonds. The summed E-state index contributed by atoms with van der Waals surface area (Å²) in [5.41, 5.74) is 7.41. The molecular formula is C24H22N4O2. The molecule has 150 valence electrons. The molecule has 0 saturated heterocycles. The van der Waals surface area contributed by atoms with Crippen molar-refractivity contribution in [2.75, 3.05) is 17.5 Å². The Balaban J connectivity index is 1.78. The Bertz CT molecular complexity index is 1250. The van der Waals surface area contributed by atoms with Gasteiger partial charge in [0.05, 0.1) is 11.2 Å². The van der Waals surface area contributed by atoms with E-state index in [9.17, 15) is 9.59 Å². The summed E-state index contributed by atoms with van der Waals surface area (Å²) < 4.78 is 0.999. The molecular weight excluding hydrogens is 376 g/mol. The molecule has 0 aliphatic heterocycles. The van der Waals surface area contributed by atoms with Crippen LogP contribution in [0, 0.1) is 6.92 Å². The van der Waals surface area contributed by atoms with Gasteiger partial charge < -0.3 is 0 Å². The second kappa shape index (κ2) is 8.21. The lowest BCUT2D eigenvalue weighted by Gasteiger charge is -2.23. The summed E-state index contributed by atoms with van der Waals surface area (Å²) >= 11 is 0. The van der Waals surface area contributed by atoms with Crippen molar-refractivity contribution in [1.82, 2.24) is 9.55 Å². The molecule has 0 bridgehead atoms. The summed E-state index contributed by atoms with van der Waals surface area (Å²) in [5, 5.41) is 2.48. The van der Waals surface area contributed by atoms with Gasteiger partial charge in [-0.2, -0.15) is 4.98 Å². The number of hydrogen-bond donors (Lipinski definition) is 1. The summed E-state index contributed by atoms with van der Waals surface area (Å²) in [6.07, 6.45) is 1.23. The van der Waals surface area contributed by atoms with E-state index in [0.717, 1.165) is 27.8 Å². The fraction of sp³-hybridized carbons (Fsp3) is 0.125. The highest BCUT2D eigenvalue weighted by Crippen LogP contribution is 2.24. The van der Waals surface area contributed by atoms with E-state index in [0.29, 0.717) is 23.1 Å². The van der Waals surface area contributed by atoms with Crippen LogP contribution in [-0.2, 0) is 11.2 Å². The number of carbonyl (C=O) groups is 1. The number of nitrogens with one attached hydrogen (secondary N) is 1. The minimum atomic E-state index is -0.617. The third-order valence-electron chi connectivity index (χ3n) is 5.03. The number of anilines is 2. The molecule has 1 aromatic heterocycles. The molecule has 0 unspecified atom stereocenters. The van der Waals surface area contributed by atoms with Crippen molar-refractivity contribution in [1.29, 1.82) is 0 Å². The molecule has 4 aromatic rings. The van der Waals surface area contributed by atoms with Crippen molar-refractivity contribution >= 4 is 28.8 Å². The Morgan fingerprint density at radius 3 is 2.43 bits per heavy atom. The van der Waals surface area contributed by atoms with Crippen LogP contribution < -0.4 is 16.1 Å². The van der Waals surface area contributed by atoms with Crippen LogP contribution in [0.4, 0.5) is 11.5 Å². The van der Waals surface area contributed by atoms with Gasteiger partial charge in [-0.15, -0.1) is 0 Å². The third-order valence-corrected chi connectivity index (χ3v) is 5.03. The Morgan fingerprint density at radius 2 is 1.73 bits per heavy atom. The average Bonchev–Trinajstić information content (AvgIpc) is 2.75. The normalized spacial score (nSPS) is 10.7. The standard InChI is InChI=1S/C24H22N4O2/c1-17-8-11-20(12-9-17)27(2)26-23-21-15-19(14-18-6-4-3-5-7-18)10-13-22(21)25-24(30)28(23)16-29/h3-13,15-16,26H,14H2,1-2H3. The quantitative estimate of drug-likeness (QED) is 0.395. The van der Waals surface area contributed by atoms with Crippen LogP contribution in [0.15, 0.2) is 77.6 Å². The fourth-order valence-corrected chi connectivity index (χ4v) is 3.40. The first-order valence-corrected chi connectivity index (χ1v) is 9.66. The van der Waals surface area contributed by atoms with Crippen LogP contribution in [0.1, 0.15) is 16.7 Å². The van der Waals surface area contributed by atoms with Crippen molar-refractivity contribution < 1.29 is 4.79 Å². The number of aryl methyl sites for hydroxylation is 1. The zero-order valence-corrected chi connectivity index (χ0v) is 16.9. The summed E-state index contributed by atoms with van der Waals surface area (Å²) in [7, 11) is 1.84. The van der Waals surface area contributed by atoms with Gasteiger partial charge in [-0.3, -0.25) is 15.2 Å². The van der Waals surface area contributed by atoms with E-state index < -0.39 is 5.69 Å². The largest absolute Gasteiger partial charge is 0.356 e. The molecule has 0 aliphatic carbocycles. The van der Waals surface area contributed by atoms with Gasteiger partial charge in [0.25, 0.3) is 0 Å². The Labute approximate surface area is 174 Å². The first-order valence-electron chi connectivity index (χ1n) is 9.66. The summed E-state index contributed by atoms with van der Waals surface area (Å²) in [5.74, 6) is 0.387. The van der Waals surface area contributed by atoms with E-state index in [2.05, 4.69) is 22.5 Å². The number of hydrogen-bond acceptors (Lipinski definition) is 5. The Kier molecular flexibility index (Phi) is 5.30. The maximum atomic E-state index is 12.4. The lowest BCUT2D eigenvalue weighted by Crippen LogP contribution is -2.32. The Morgan fingerprint density at radius 1 is 1.00 bits per heavy atom. The molecule has 0 spiro atoms. The van der Waals surface area contributed by atoms with Gasteiger partial charge in [0.15, 0.2) is 0 Å². The predicted molar refractivity (Wildman–Crippen MR) is 121 cm³/mol. The van der Waals surface area contributed by atoms with Gasteiger partial charge in [0.1, 0.15) is 5.82 Å². The molecule has 0 radical (unpaired) electrons. The predicted octanol–water partition coefficient (Wildman–Crippen LogP) is 3.80. The van der Waals surface area contributed by atoms with E-state index >= 15 is 0 Å². The number of hydrazine groups is 1. The molecule has 1 N–H and O–H groups in total. The van der Waals surface area contributed by atoms with Gasteiger partial charge in [-0.1, -0.05) is 54.1 Å². The maximum Gasteiger partial charge on any atom is 0.356 e. The molecule has 6 nitrogen and oxygen atoms in total. The lowest BCUT2D eigenvalue weighted by molar-refractivity contribution is 0.545. The highest BCUT2D eigenvalue weighted by molar-refractivity contribution is 5.92. The van der Waals surface area contributed by atoms with Crippen molar-refractivity contribution in [3.05, 3.63) is 100.0 Å². The maximum absolute atomic E-state index is 12.4. The highest BCUT2D eigenvalue weighted by atomic mass is 16.2. The molecule has 6 heteroatoms. The van der Waals surface area contributed by atoms with Crippen LogP contribution >= 0.6 is 0 Å². The average molecular weight is 398 g/mol. The van der Waals surface area contributed by atoms with E-state index in [-0.39, 0.29) is 0 Å². The molecule has 4 rings (SSSR count). The molecule has 3 aromatic carbocycles. The topological polar surface area (TPSA) is 67.2 Å². The van der Waals surface area contributed by atoms with E-state index in [4.69, 9.17) is 0 Å². The SMILES string of the molecule is Cc1ccc(N(C)Nc2c3cc(Cc4ccccc4)ccc3nc(=O)n2C=O)cc1. The summed E-state index contributed by atoms with van der Waals surface area (Å²) in [6, 6.07) is 23.8. The van der Waals surface area contributed by atoms with Crippen molar-refractivity contribution in [3.8, 4) is 0 Å². The molecule has 0 saturated carbocycles. The van der Waals surface area contributed by atoms with E-state index in [1.165, 1.54) is 5.56 Å².